The van der Waals surface area contributed by atoms with Crippen LogP contribution < -0.4 is 4.72 Å². The fraction of sp³-hybridized carbons (Fsp3) is 0.424. The van der Waals surface area contributed by atoms with E-state index in [1.54, 1.807) is 12.1 Å². The maximum absolute atomic E-state index is 13.9. The summed E-state index contributed by atoms with van der Waals surface area (Å²) >= 11 is 0. The Kier molecular flexibility index (Phi) is 10.4. The van der Waals surface area contributed by atoms with Crippen LogP contribution in [0.15, 0.2) is 65.6 Å². The van der Waals surface area contributed by atoms with Crippen LogP contribution in [0.25, 0.3) is 0 Å². The average molecular weight is 550 g/mol. The van der Waals surface area contributed by atoms with Gasteiger partial charge in [-0.3, -0.25) is 4.72 Å². The predicted octanol–water partition coefficient (Wildman–Crippen LogP) is 8.51. The fourth-order valence-electron chi connectivity index (χ4n) is 4.99. The molecule has 3 aromatic carbocycles. The summed E-state index contributed by atoms with van der Waals surface area (Å²) in [5.41, 5.74) is 5.67. The molecule has 0 fully saturated rings. The zero-order valence-corrected chi connectivity index (χ0v) is 24.9. The van der Waals surface area contributed by atoms with Crippen LogP contribution in [0.4, 0.5) is 5.69 Å². The van der Waals surface area contributed by atoms with E-state index < -0.39 is 16.0 Å². The van der Waals surface area contributed by atoms with Crippen molar-refractivity contribution < 1.29 is 18.3 Å². The molecule has 5 nitrogen and oxygen atoms in total. The summed E-state index contributed by atoms with van der Waals surface area (Å²) in [6.07, 6.45) is 4.11. The number of aryl methyl sites for hydroxylation is 2. The Morgan fingerprint density at radius 2 is 1.26 bits per heavy atom. The molecule has 6 heteroatoms. The fourth-order valence-corrected chi connectivity index (χ4v) is 6.79. The smallest absolute Gasteiger partial charge is 0.335 e. The quantitative estimate of drug-likeness (QED) is 0.209. The summed E-state index contributed by atoms with van der Waals surface area (Å²) < 4.78 is 30.8. The molecule has 0 unspecified atom stereocenters. The van der Waals surface area contributed by atoms with Crippen LogP contribution in [0.2, 0.25) is 0 Å². The molecule has 210 valence electrons. The van der Waals surface area contributed by atoms with Crippen LogP contribution in [-0.2, 0) is 22.9 Å². The van der Waals surface area contributed by atoms with Gasteiger partial charge in [0.15, 0.2) is 0 Å². The second-order valence-electron chi connectivity index (χ2n) is 11.3. The lowest BCUT2D eigenvalue weighted by atomic mass is 9.89. The number of carboxylic acid groups (broad SMARTS) is 1. The molecule has 0 amide bonds. The molecule has 2 N–H and O–H groups in total. The highest BCUT2D eigenvalue weighted by molar-refractivity contribution is 7.92. The van der Waals surface area contributed by atoms with Crippen molar-refractivity contribution in [2.75, 3.05) is 4.72 Å². The number of hydrogen-bond donors (Lipinski definition) is 2. The Hall–Kier alpha value is -3.12. The second-order valence-corrected chi connectivity index (χ2v) is 12.9. The second kappa shape index (κ2) is 13.3. The Bertz CT molecular complexity index is 1360. The molecule has 0 heterocycles. The number of unbranched alkanes of at least 4 members (excludes halogenated alkanes) is 2. The Labute approximate surface area is 234 Å². The first kappa shape index (κ1) is 30.4. The molecule has 0 aliphatic carbocycles. The van der Waals surface area contributed by atoms with Gasteiger partial charge in [0.1, 0.15) is 0 Å². The maximum atomic E-state index is 13.9. The molecule has 3 rings (SSSR count). The first-order chi connectivity index (χ1) is 18.4. The lowest BCUT2D eigenvalue weighted by Crippen LogP contribution is -2.20. The SMILES string of the molecule is CC(C)c1cc(C(C)C)c(S(=O)(=O)Nc2ccccc2CCCCCc2ccccc2C(=O)O)c(C(C)C)c1. The van der Waals surface area contributed by atoms with E-state index in [0.29, 0.717) is 28.5 Å². The van der Waals surface area contributed by atoms with Gasteiger partial charge in [-0.25, -0.2) is 13.2 Å². The molecule has 0 radical (unpaired) electrons. The topological polar surface area (TPSA) is 83.5 Å². The number of sulfonamides is 1. The van der Waals surface area contributed by atoms with Crippen LogP contribution >= 0.6 is 0 Å². The number of anilines is 1. The summed E-state index contributed by atoms with van der Waals surface area (Å²) in [5, 5.41) is 9.40. The number of carboxylic acids is 1. The number of nitrogens with one attached hydrogen (secondary N) is 1. The van der Waals surface area contributed by atoms with E-state index in [-0.39, 0.29) is 11.8 Å². The van der Waals surface area contributed by atoms with Crippen LogP contribution in [0, 0.1) is 0 Å². The van der Waals surface area contributed by atoms with E-state index in [1.807, 2.05) is 64.1 Å². The zero-order chi connectivity index (χ0) is 28.7. The van der Waals surface area contributed by atoms with Crippen LogP contribution in [-0.4, -0.2) is 19.5 Å². The summed E-state index contributed by atoms with van der Waals surface area (Å²) in [6, 6.07) is 18.9. The molecule has 3 aromatic rings. The first-order valence-corrected chi connectivity index (χ1v) is 15.5. The standard InChI is InChI=1S/C33H43NO4S/c1-22(2)27-20-29(23(3)4)32(30(21-27)24(5)6)39(37,38)34-31-19-13-11-17-26(31)16-9-7-8-14-25-15-10-12-18-28(25)33(35)36/h10-13,15,17-24,34H,7-9,14,16H2,1-6H3,(H,35,36). The number of aromatic carboxylic acids is 1. The van der Waals surface area contributed by atoms with Gasteiger partial charge in [0.05, 0.1) is 16.1 Å². The third-order valence-electron chi connectivity index (χ3n) is 7.25. The van der Waals surface area contributed by atoms with Crippen molar-refractivity contribution >= 4 is 21.7 Å². The predicted molar refractivity (Wildman–Crippen MR) is 161 cm³/mol. The molecular weight excluding hydrogens is 506 g/mol. The molecule has 39 heavy (non-hydrogen) atoms. The molecule has 0 bridgehead atoms. The number of hydrogen-bond acceptors (Lipinski definition) is 3. The van der Waals surface area contributed by atoms with Gasteiger partial charge in [0, 0.05) is 0 Å². The highest BCUT2D eigenvalue weighted by Crippen LogP contribution is 2.36. The van der Waals surface area contributed by atoms with Crippen molar-refractivity contribution in [1.29, 1.82) is 0 Å². The Balaban J connectivity index is 1.79. The summed E-state index contributed by atoms with van der Waals surface area (Å²) in [4.78, 5) is 11.9. The van der Waals surface area contributed by atoms with Crippen molar-refractivity contribution in [3.05, 3.63) is 94.0 Å². The van der Waals surface area contributed by atoms with Crippen molar-refractivity contribution in [1.82, 2.24) is 0 Å². The maximum Gasteiger partial charge on any atom is 0.335 e. The molecular formula is C33H43NO4S. The highest BCUT2D eigenvalue weighted by Gasteiger charge is 2.27. The largest absolute Gasteiger partial charge is 0.478 e. The lowest BCUT2D eigenvalue weighted by molar-refractivity contribution is 0.0695. The van der Waals surface area contributed by atoms with E-state index in [2.05, 4.69) is 30.7 Å². The minimum absolute atomic E-state index is 0.0641. The van der Waals surface area contributed by atoms with Gasteiger partial charge in [-0.05, 0) is 83.4 Å². The number of carbonyl (C=O) groups is 1. The Morgan fingerprint density at radius 1 is 0.744 bits per heavy atom. The van der Waals surface area contributed by atoms with Crippen molar-refractivity contribution in [3.63, 3.8) is 0 Å². The van der Waals surface area contributed by atoms with Gasteiger partial charge in [-0.15, -0.1) is 0 Å². The van der Waals surface area contributed by atoms with Crippen molar-refractivity contribution in [3.8, 4) is 0 Å². The minimum atomic E-state index is -3.82. The minimum Gasteiger partial charge on any atom is -0.478 e. The third kappa shape index (κ3) is 7.72. The van der Waals surface area contributed by atoms with Gasteiger partial charge >= 0.3 is 5.97 Å². The summed E-state index contributed by atoms with van der Waals surface area (Å²) in [7, 11) is -3.82. The van der Waals surface area contributed by atoms with Crippen molar-refractivity contribution in [2.45, 2.75) is 96.3 Å². The molecule has 0 aliphatic rings. The number of rotatable bonds is 13. The molecule has 0 aliphatic heterocycles. The van der Waals surface area contributed by atoms with E-state index in [0.717, 1.165) is 53.5 Å². The van der Waals surface area contributed by atoms with E-state index >= 15 is 0 Å². The number of para-hydroxylation sites is 1. The van der Waals surface area contributed by atoms with E-state index in [1.165, 1.54) is 0 Å². The third-order valence-corrected chi connectivity index (χ3v) is 8.75. The molecule has 0 spiro atoms. The van der Waals surface area contributed by atoms with E-state index in [9.17, 15) is 18.3 Å². The van der Waals surface area contributed by atoms with Crippen molar-refractivity contribution in [2.24, 2.45) is 0 Å². The van der Waals surface area contributed by atoms with Crippen LogP contribution in [0.5, 0.6) is 0 Å². The molecule has 0 atom stereocenters. The average Bonchev–Trinajstić information content (AvgIpc) is 2.88. The van der Waals surface area contributed by atoms with Gasteiger partial charge in [-0.1, -0.05) is 96.5 Å². The van der Waals surface area contributed by atoms with Gasteiger partial charge in [-0.2, -0.15) is 0 Å². The number of benzene rings is 3. The molecule has 0 saturated carbocycles. The zero-order valence-electron chi connectivity index (χ0n) is 24.1. The Morgan fingerprint density at radius 3 is 1.79 bits per heavy atom. The lowest BCUT2D eigenvalue weighted by Gasteiger charge is -2.23. The normalized spacial score (nSPS) is 11.9. The van der Waals surface area contributed by atoms with Gasteiger partial charge < -0.3 is 5.11 Å². The summed E-state index contributed by atoms with van der Waals surface area (Å²) in [6.45, 7) is 12.5. The van der Waals surface area contributed by atoms with Gasteiger partial charge in [0.2, 0.25) is 0 Å². The molecule has 0 aromatic heterocycles. The molecule has 0 saturated heterocycles. The van der Waals surface area contributed by atoms with Crippen LogP contribution in [0.3, 0.4) is 0 Å². The monoisotopic (exact) mass is 549 g/mol. The van der Waals surface area contributed by atoms with Gasteiger partial charge in [0.25, 0.3) is 10.0 Å². The highest BCUT2D eigenvalue weighted by atomic mass is 32.2. The van der Waals surface area contributed by atoms with E-state index in [4.69, 9.17) is 0 Å². The van der Waals surface area contributed by atoms with Crippen LogP contribution in [0.1, 0.15) is 117 Å². The summed E-state index contributed by atoms with van der Waals surface area (Å²) in [5.74, 6) is -0.460. The first-order valence-electron chi connectivity index (χ1n) is 14.0.